The highest BCUT2D eigenvalue weighted by Gasteiger charge is 2.23. The average Bonchev–Trinajstić information content (AvgIpc) is 2.47. The maximum atomic E-state index is 12.0. The fourth-order valence-electron chi connectivity index (χ4n) is 2.95. The van der Waals surface area contributed by atoms with Crippen LogP contribution in [0.2, 0.25) is 0 Å². The quantitative estimate of drug-likeness (QED) is 0.569. The van der Waals surface area contributed by atoms with E-state index in [2.05, 4.69) is 24.3 Å². The van der Waals surface area contributed by atoms with Crippen LogP contribution in [0.5, 0.6) is 0 Å². The van der Waals surface area contributed by atoms with E-state index in [1.165, 1.54) is 0 Å². The first-order valence-electron chi connectivity index (χ1n) is 6.75. The second-order valence-electron chi connectivity index (χ2n) is 5.29. The number of carbonyl (C=O) groups excluding carboxylic acids is 2. The first kappa shape index (κ1) is 11.4. The minimum absolute atomic E-state index is 0.0784. The molecule has 96 valence electrons. The summed E-state index contributed by atoms with van der Waals surface area (Å²) >= 11 is 0. The molecule has 0 aliphatic heterocycles. The summed E-state index contributed by atoms with van der Waals surface area (Å²) in [4.78, 5) is 24.0. The molecule has 0 bridgehead atoms. The number of benzene rings is 3. The molecule has 1 aliphatic rings. The van der Waals surface area contributed by atoms with Gasteiger partial charge in [0, 0.05) is 24.0 Å². The SMILES string of the molecule is O=C1CCC(=O)c2cc3cc4ccccc4cc3cc21. The van der Waals surface area contributed by atoms with Gasteiger partial charge in [-0.05, 0) is 45.8 Å². The molecule has 3 aromatic carbocycles. The van der Waals surface area contributed by atoms with Gasteiger partial charge >= 0.3 is 0 Å². The molecule has 0 atom stereocenters. The Morgan fingerprint density at radius 1 is 0.600 bits per heavy atom. The van der Waals surface area contributed by atoms with Crippen molar-refractivity contribution in [2.24, 2.45) is 0 Å². The standard InChI is InChI=1S/C18H12O2/c19-17-5-6-18(20)16-10-14-8-12-4-2-1-3-11(12)7-13(14)9-15(16)17/h1-4,7-10H,5-6H2. The minimum atomic E-state index is 0.0784. The Balaban J connectivity index is 2.10. The molecular weight excluding hydrogens is 248 g/mol. The highest BCUT2D eigenvalue weighted by molar-refractivity contribution is 6.16. The van der Waals surface area contributed by atoms with Gasteiger partial charge in [-0.15, -0.1) is 0 Å². The number of ketones is 2. The number of hydrogen-bond donors (Lipinski definition) is 0. The number of carbonyl (C=O) groups is 2. The molecular formula is C18H12O2. The molecule has 0 radical (unpaired) electrons. The van der Waals surface area contributed by atoms with E-state index >= 15 is 0 Å². The lowest BCUT2D eigenvalue weighted by Gasteiger charge is -2.15. The Morgan fingerprint density at radius 3 is 1.50 bits per heavy atom. The van der Waals surface area contributed by atoms with Gasteiger partial charge in [-0.3, -0.25) is 9.59 Å². The summed E-state index contributed by atoms with van der Waals surface area (Å²) in [6.45, 7) is 0. The van der Waals surface area contributed by atoms with Gasteiger partial charge in [0.15, 0.2) is 11.6 Å². The van der Waals surface area contributed by atoms with Gasteiger partial charge < -0.3 is 0 Å². The van der Waals surface area contributed by atoms with E-state index in [0.29, 0.717) is 24.0 Å². The highest BCUT2D eigenvalue weighted by atomic mass is 16.1. The average molecular weight is 260 g/mol. The van der Waals surface area contributed by atoms with E-state index in [1.807, 2.05) is 24.3 Å². The third-order valence-corrected chi connectivity index (χ3v) is 4.02. The Labute approximate surface area is 116 Å². The lowest BCUT2D eigenvalue weighted by molar-refractivity contribution is 0.0890. The largest absolute Gasteiger partial charge is 0.294 e. The third kappa shape index (κ3) is 1.58. The summed E-state index contributed by atoms with van der Waals surface area (Å²) in [6, 6.07) is 16.0. The monoisotopic (exact) mass is 260 g/mol. The van der Waals surface area contributed by atoms with Gasteiger partial charge in [0.2, 0.25) is 0 Å². The van der Waals surface area contributed by atoms with Crippen molar-refractivity contribution in [1.82, 2.24) is 0 Å². The van der Waals surface area contributed by atoms with Crippen molar-refractivity contribution in [3.05, 3.63) is 59.7 Å². The molecule has 2 heteroatoms. The molecule has 0 saturated heterocycles. The fourth-order valence-corrected chi connectivity index (χ4v) is 2.95. The van der Waals surface area contributed by atoms with E-state index in [4.69, 9.17) is 0 Å². The smallest absolute Gasteiger partial charge is 0.164 e. The molecule has 0 aromatic heterocycles. The predicted molar refractivity (Wildman–Crippen MR) is 79.3 cm³/mol. The Hall–Kier alpha value is -2.48. The van der Waals surface area contributed by atoms with Crippen molar-refractivity contribution in [2.75, 3.05) is 0 Å². The van der Waals surface area contributed by atoms with E-state index in [0.717, 1.165) is 21.5 Å². The van der Waals surface area contributed by atoms with Gasteiger partial charge in [0.1, 0.15) is 0 Å². The van der Waals surface area contributed by atoms with Crippen LogP contribution in [0.25, 0.3) is 21.5 Å². The van der Waals surface area contributed by atoms with E-state index < -0.39 is 0 Å². The van der Waals surface area contributed by atoms with E-state index in [9.17, 15) is 9.59 Å². The molecule has 20 heavy (non-hydrogen) atoms. The maximum Gasteiger partial charge on any atom is 0.164 e. The van der Waals surface area contributed by atoms with Crippen molar-refractivity contribution in [2.45, 2.75) is 12.8 Å². The van der Waals surface area contributed by atoms with Gasteiger partial charge in [-0.1, -0.05) is 24.3 Å². The third-order valence-electron chi connectivity index (χ3n) is 4.02. The van der Waals surface area contributed by atoms with Crippen LogP contribution < -0.4 is 0 Å². The predicted octanol–water partition coefficient (Wildman–Crippen LogP) is 4.15. The summed E-state index contributed by atoms with van der Waals surface area (Å²) in [5, 5.41) is 4.33. The summed E-state index contributed by atoms with van der Waals surface area (Å²) < 4.78 is 0. The van der Waals surface area contributed by atoms with Crippen LogP contribution in [0.4, 0.5) is 0 Å². The molecule has 2 nitrogen and oxygen atoms in total. The highest BCUT2D eigenvalue weighted by Crippen LogP contribution is 2.29. The van der Waals surface area contributed by atoms with Gasteiger partial charge in [0.25, 0.3) is 0 Å². The Kier molecular flexibility index (Phi) is 2.27. The van der Waals surface area contributed by atoms with Crippen LogP contribution in [-0.4, -0.2) is 11.6 Å². The summed E-state index contributed by atoms with van der Waals surface area (Å²) in [5.74, 6) is 0.157. The first-order chi connectivity index (χ1) is 9.72. The molecule has 0 unspecified atom stereocenters. The first-order valence-corrected chi connectivity index (χ1v) is 6.75. The van der Waals surface area contributed by atoms with Crippen LogP contribution in [0.15, 0.2) is 48.5 Å². The zero-order valence-electron chi connectivity index (χ0n) is 10.8. The van der Waals surface area contributed by atoms with Gasteiger partial charge in [0.05, 0.1) is 0 Å². The number of rotatable bonds is 0. The van der Waals surface area contributed by atoms with Gasteiger partial charge in [-0.2, -0.15) is 0 Å². The Bertz CT molecular complexity index is 816. The molecule has 3 aromatic rings. The van der Waals surface area contributed by atoms with E-state index in [-0.39, 0.29) is 11.6 Å². The second-order valence-corrected chi connectivity index (χ2v) is 5.29. The molecule has 0 fully saturated rings. The Morgan fingerprint density at radius 2 is 1.05 bits per heavy atom. The minimum Gasteiger partial charge on any atom is -0.294 e. The van der Waals surface area contributed by atoms with Crippen LogP contribution in [-0.2, 0) is 0 Å². The number of fused-ring (bicyclic) bond motifs is 3. The molecule has 0 N–H and O–H groups in total. The lowest BCUT2D eigenvalue weighted by atomic mass is 9.87. The fraction of sp³-hybridized carbons (Fsp3) is 0.111. The van der Waals surface area contributed by atoms with Gasteiger partial charge in [-0.25, -0.2) is 0 Å². The van der Waals surface area contributed by atoms with Crippen LogP contribution >= 0.6 is 0 Å². The zero-order chi connectivity index (χ0) is 13.7. The van der Waals surface area contributed by atoms with Crippen molar-refractivity contribution in [3.8, 4) is 0 Å². The molecule has 4 rings (SSSR count). The molecule has 0 spiro atoms. The summed E-state index contributed by atoms with van der Waals surface area (Å²) in [7, 11) is 0. The number of Topliss-reactive ketones (excluding diaryl/α,β-unsaturated/α-hetero) is 2. The van der Waals surface area contributed by atoms with Crippen LogP contribution in [0, 0.1) is 0 Å². The van der Waals surface area contributed by atoms with Crippen molar-refractivity contribution in [3.63, 3.8) is 0 Å². The topological polar surface area (TPSA) is 34.1 Å². The molecule has 0 amide bonds. The molecule has 0 heterocycles. The summed E-state index contributed by atoms with van der Waals surface area (Å²) in [5.41, 5.74) is 1.17. The van der Waals surface area contributed by atoms with Crippen molar-refractivity contribution < 1.29 is 9.59 Å². The normalized spacial score (nSPS) is 14.8. The van der Waals surface area contributed by atoms with Crippen LogP contribution in [0.1, 0.15) is 33.6 Å². The van der Waals surface area contributed by atoms with Crippen LogP contribution in [0.3, 0.4) is 0 Å². The number of hydrogen-bond acceptors (Lipinski definition) is 2. The van der Waals surface area contributed by atoms with Crippen molar-refractivity contribution >= 4 is 33.1 Å². The second kappa shape index (κ2) is 4.01. The summed E-state index contributed by atoms with van der Waals surface area (Å²) in [6.07, 6.45) is 0.676. The molecule has 0 saturated carbocycles. The maximum absolute atomic E-state index is 12.0. The van der Waals surface area contributed by atoms with E-state index in [1.54, 1.807) is 0 Å². The lowest BCUT2D eigenvalue weighted by Crippen LogP contribution is -2.16. The van der Waals surface area contributed by atoms with Crippen molar-refractivity contribution in [1.29, 1.82) is 0 Å². The molecule has 1 aliphatic carbocycles. The zero-order valence-corrected chi connectivity index (χ0v) is 10.8.